The van der Waals surface area contributed by atoms with Gasteiger partial charge in [0.15, 0.2) is 0 Å². The number of carbonyl (C=O) groups excluding carboxylic acids is 1. The van der Waals surface area contributed by atoms with Crippen molar-refractivity contribution in [2.75, 3.05) is 18.9 Å². The van der Waals surface area contributed by atoms with Crippen LogP contribution in [0.25, 0.3) is 5.69 Å². The Morgan fingerprint density at radius 3 is 2.46 bits per heavy atom. The predicted molar refractivity (Wildman–Crippen MR) is 113 cm³/mol. The van der Waals surface area contributed by atoms with E-state index < -0.39 is 0 Å². The number of aromatic nitrogens is 3. The first-order chi connectivity index (χ1) is 13.3. The molecule has 0 saturated carbocycles. The van der Waals surface area contributed by atoms with Crippen LogP contribution in [0.15, 0.2) is 49.1 Å². The number of benzene rings is 2. The van der Waals surface area contributed by atoms with Crippen LogP contribution < -0.4 is 5.32 Å². The second-order valence-electron chi connectivity index (χ2n) is 6.32. The molecule has 9 heteroatoms. The van der Waals surface area contributed by atoms with Gasteiger partial charge in [-0.1, -0.05) is 46.9 Å². The van der Waals surface area contributed by atoms with Crippen LogP contribution in [-0.4, -0.2) is 39.2 Å². The number of amides is 1. The first-order valence-electron chi connectivity index (χ1n) is 8.44. The minimum Gasteiger partial charge on any atom is -0.324 e. The second-order valence-corrected chi connectivity index (χ2v) is 7.54. The second kappa shape index (κ2) is 8.92. The molecule has 3 rings (SSSR count). The summed E-state index contributed by atoms with van der Waals surface area (Å²) in [5.41, 5.74) is 2.43. The molecule has 1 amide bonds. The molecule has 146 valence electrons. The van der Waals surface area contributed by atoms with Gasteiger partial charge in [-0.3, -0.25) is 9.69 Å². The van der Waals surface area contributed by atoms with E-state index in [9.17, 15) is 4.79 Å². The van der Waals surface area contributed by atoms with E-state index in [1.165, 1.54) is 18.5 Å². The lowest BCUT2D eigenvalue weighted by Crippen LogP contribution is -2.32. The highest BCUT2D eigenvalue weighted by atomic mass is 35.5. The highest BCUT2D eigenvalue weighted by Gasteiger charge is 2.16. The molecule has 0 bridgehead atoms. The fourth-order valence-electron chi connectivity index (χ4n) is 2.67. The summed E-state index contributed by atoms with van der Waals surface area (Å²) in [6, 6.07) is 11.0. The van der Waals surface area contributed by atoms with E-state index in [2.05, 4.69) is 15.4 Å². The summed E-state index contributed by atoms with van der Waals surface area (Å²) in [4.78, 5) is 18.3. The summed E-state index contributed by atoms with van der Waals surface area (Å²) in [5, 5.41) is 7.88. The van der Waals surface area contributed by atoms with Gasteiger partial charge in [-0.25, -0.2) is 9.67 Å². The van der Waals surface area contributed by atoms with Crippen LogP contribution in [0, 0.1) is 0 Å². The lowest BCUT2D eigenvalue weighted by Gasteiger charge is -2.24. The third-order valence-electron chi connectivity index (χ3n) is 4.40. The number of anilines is 1. The third kappa shape index (κ3) is 4.83. The normalized spacial score (nSPS) is 12.2. The zero-order chi connectivity index (χ0) is 20.3. The van der Waals surface area contributed by atoms with E-state index in [1.807, 2.05) is 43.1 Å². The van der Waals surface area contributed by atoms with Gasteiger partial charge in [-0.2, -0.15) is 5.10 Å². The van der Waals surface area contributed by atoms with Crippen molar-refractivity contribution in [3.05, 3.63) is 69.7 Å². The summed E-state index contributed by atoms with van der Waals surface area (Å²) >= 11 is 18.0. The quantitative estimate of drug-likeness (QED) is 0.558. The lowest BCUT2D eigenvalue weighted by atomic mass is 10.1. The van der Waals surface area contributed by atoms with Crippen LogP contribution in [0.2, 0.25) is 15.1 Å². The highest BCUT2D eigenvalue weighted by molar-refractivity contribution is 6.44. The molecule has 0 spiro atoms. The third-order valence-corrected chi connectivity index (χ3v) is 5.43. The first-order valence-corrected chi connectivity index (χ1v) is 9.58. The first kappa shape index (κ1) is 20.6. The van der Waals surface area contributed by atoms with E-state index in [0.717, 1.165) is 11.3 Å². The van der Waals surface area contributed by atoms with E-state index in [1.54, 1.807) is 11.0 Å². The Labute approximate surface area is 178 Å². The lowest BCUT2D eigenvalue weighted by molar-refractivity contribution is -0.117. The van der Waals surface area contributed by atoms with Crippen LogP contribution in [0.5, 0.6) is 0 Å². The zero-order valence-electron chi connectivity index (χ0n) is 15.2. The van der Waals surface area contributed by atoms with Gasteiger partial charge >= 0.3 is 0 Å². The molecule has 0 aliphatic rings. The minimum absolute atomic E-state index is 0.0276. The fraction of sp³-hybridized carbons (Fsp3) is 0.211. The van der Waals surface area contributed by atoms with Gasteiger partial charge in [-0.05, 0) is 43.8 Å². The van der Waals surface area contributed by atoms with Crippen LogP contribution in [-0.2, 0) is 4.79 Å². The molecule has 0 fully saturated rings. The molecule has 1 N–H and O–H groups in total. The van der Waals surface area contributed by atoms with Crippen LogP contribution in [0.1, 0.15) is 18.5 Å². The molecule has 1 heterocycles. The summed E-state index contributed by atoms with van der Waals surface area (Å²) in [7, 11) is 1.88. The average molecular weight is 439 g/mol. The van der Waals surface area contributed by atoms with Crippen molar-refractivity contribution in [2.45, 2.75) is 13.0 Å². The summed E-state index contributed by atoms with van der Waals surface area (Å²) < 4.78 is 1.69. The van der Waals surface area contributed by atoms with Crippen LogP contribution in [0.4, 0.5) is 5.69 Å². The molecule has 0 saturated heterocycles. The van der Waals surface area contributed by atoms with Crippen LogP contribution >= 0.6 is 34.8 Å². The number of carbonyl (C=O) groups is 1. The van der Waals surface area contributed by atoms with Gasteiger partial charge in [0, 0.05) is 6.04 Å². The zero-order valence-corrected chi connectivity index (χ0v) is 17.5. The van der Waals surface area contributed by atoms with Gasteiger partial charge in [0.25, 0.3) is 0 Å². The molecule has 28 heavy (non-hydrogen) atoms. The van der Waals surface area contributed by atoms with Crippen molar-refractivity contribution in [1.82, 2.24) is 19.7 Å². The largest absolute Gasteiger partial charge is 0.324 e. The van der Waals surface area contributed by atoms with Gasteiger partial charge in [0.05, 0.1) is 33.0 Å². The molecule has 1 aromatic heterocycles. The maximum atomic E-state index is 12.4. The number of rotatable bonds is 6. The maximum absolute atomic E-state index is 12.4. The van der Waals surface area contributed by atoms with Crippen molar-refractivity contribution in [1.29, 1.82) is 0 Å². The molecule has 2 aromatic carbocycles. The molecular weight excluding hydrogens is 421 g/mol. The average Bonchev–Trinajstić information content (AvgIpc) is 3.20. The van der Waals surface area contributed by atoms with Crippen molar-refractivity contribution >= 4 is 46.4 Å². The van der Waals surface area contributed by atoms with Gasteiger partial charge in [0.1, 0.15) is 12.7 Å². The Morgan fingerprint density at radius 1 is 1.14 bits per heavy atom. The van der Waals surface area contributed by atoms with Crippen LogP contribution in [0.3, 0.4) is 0 Å². The Kier molecular flexibility index (Phi) is 6.57. The fourth-order valence-corrected chi connectivity index (χ4v) is 3.27. The van der Waals surface area contributed by atoms with Crippen molar-refractivity contribution in [3.8, 4) is 5.69 Å². The van der Waals surface area contributed by atoms with Gasteiger partial charge < -0.3 is 5.32 Å². The molecular formula is C19H18Cl3N5O. The SMILES string of the molecule is CC(c1ccc(-n2cncn2)cc1)N(C)CC(=O)Nc1cc(Cl)c(Cl)cc1Cl. The van der Waals surface area contributed by atoms with E-state index in [4.69, 9.17) is 34.8 Å². The van der Waals surface area contributed by atoms with Gasteiger partial charge in [0.2, 0.25) is 5.91 Å². The molecule has 0 aliphatic carbocycles. The molecule has 0 aliphatic heterocycles. The van der Waals surface area contributed by atoms with E-state index >= 15 is 0 Å². The number of nitrogens with one attached hydrogen (secondary N) is 1. The Balaban J connectivity index is 1.63. The van der Waals surface area contributed by atoms with Crippen molar-refractivity contribution in [2.24, 2.45) is 0 Å². The Morgan fingerprint density at radius 2 is 1.82 bits per heavy atom. The smallest absolute Gasteiger partial charge is 0.238 e. The summed E-state index contributed by atoms with van der Waals surface area (Å²) in [6.07, 6.45) is 3.13. The number of hydrogen-bond acceptors (Lipinski definition) is 4. The maximum Gasteiger partial charge on any atom is 0.238 e. The number of halogens is 3. The molecule has 6 nitrogen and oxygen atoms in total. The van der Waals surface area contributed by atoms with Crippen molar-refractivity contribution < 1.29 is 4.79 Å². The number of nitrogens with zero attached hydrogens (tertiary/aromatic N) is 4. The molecule has 3 aromatic rings. The number of likely N-dealkylation sites (N-methyl/N-ethyl adjacent to an activating group) is 1. The predicted octanol–water partition coefficient (Wildman–Crippen LogP) is 4.86. The van der Waals surface area contributed by atoms with E-state index in [-0.39, 0.29) is 18.5 Å². The Bertz CT molecular complexity index is 960. The number of hydrogen-bond donors (Lipinski definition) is 1. The van der Waals surface area contributed by atoms with E-state index in [0.29, 0.717) is 20.8 Å². The minimum atomic E-state index is -0.200. The molecule has 1 unspecified atom stereocenters. The highest BCUT2D eigenvalue weighted by Crippen LogP contribution is 2.32. The Hall–Kier alpha value is -2.12. The standard InChI is InChI=1S/C19H18Cl3N5O/c1-12(13-3-5-14(6-4-13)27-11-23-10-24-27)26(2)9-19(28)25-18-8-16(21)15(20)7-17(18)22/h3-8,10-12H,9H2,1-2H3,(H,25,28). The van der Waals surface area contributed by atoms with Gasteiger partial charge in [-0.15, -0.1) is 0 Å². The monoisotopic (exact) mass is 437 g/mol. The molecule has 0 radical (unpaired) electrons. The van der Waals surface area contributed by atoms with Crippen molar-refractivity contribution in [3.63, 3.8) is 0 Å². The molecule has 1 atom stereocenters. The summed E-state index contributed by atoms with van der Waals surface area (Å²) in [5.74, 6) is -0.200. The topological polar surface area (TPSA) is 63.1 Å². The summed E-state index contributed by atoms with van der Waals surface area (Å²) in [6.45, 7) is 2.21.